The molecule has 0 bridgehead atoms. The van der Waals surface area contributed by atoms with Crippen molar-refractivity contribution >= 4 is 11.9 Å². The molecule has 1 aromatic rings. The Morgan fingerprint density at radius 1 is 1.41 bits per heavy atom. The number of H-pyrrole nitrogens is 1. The normalized spacial score (nSPS) is 13.8. The summed E-state index contributed by atoms with van der Waals surface area (Å²) < 4.78 is 0. The molecule has 0 aliphatic heterocycles. The second-order valence-electron chi connectivity index (χ2n) is 3.46. The van der Waals surface area contributed by atoms with Crippen LogP contribution in [0.3, 0.4) is 0 Å². The van der Waals surface area contributed by atoms with Gasteiger partial charge in [-0.05, 0) is 13.0 Å². The molecule has 0 aromatic carbocycles. The quantitative estimate of drug-likeness (QED) is 0.534. The van der Waals surface area contributed by atoms with Gasteiger partial charge in [-0.15, -0.1) is 0 Å². The average Bonchev–Trinajstić information content (AvgIpc) is 2.24. The fourth-order valence-electron chi connectivity index (χ4n) is 1.19. The van der Waals surface area contributed by atoms with E-state index in [2.05, 4.69) is 10.3 Å². The van der Waals surface area contributed by atoms with Gasteiger partial charge in [-0.2, -0.15) is 0 Å². The van der Waals surface area contributed by atoms with Crippen LogP contribution in [0.15, 0.2) is 23.0 Å². The third-order valence-electron chi connectivity index (χ3n) is 2.05. The van der Waals surface area contributed by atoms with Crippen LogP contribution in [0.1, 0.15) is 17.4 Å². The summed E-state index contributed by atoms with van der Waals surface area (Å²) in [6.45, 7) is 1.24. The topological polar surface area (TPSA) is 119 Å². The van der Waals surface area contributed by atoms with Gasteiger partial charge in [0.1, 0.15) is 5.69 Å². The number of amides is 1. The van der Waals surface area contributed by atoms with Crippen LogP contribution in [-0.2, 0) is 4.79 Å². The molecule has 0 saturated heterocycles. The van der Waals surface area contributed by atoms with E-state index in [0.717, 1.165) is 0 Å². The smallest absolute Gasteiger partial charge is 0.328 e. The number of pyridine rings is 1. The molecule has 0 saturated carbocycles. The van der Waals surface area contributed by atoms with E-state index in [1.54, 1.807) is 0 Å². The minimum Gasteiger partial charge on any atom is -0.480 e. The van der Waals surface area contributed by atoms with Crippen LogP contribution in [0.2, 0.25) is 0 Å². The van der Waals surface area contributed by atoms with Gasteiger partial charge >= 0.3 is 5.97 Å². The average molecular weight is 240 g/mol. The van der Waals surface area contributed by atoms with Crippen molar-refractivity contribution in [1.29, 1.82) is 0 Å². The van der Waals surface area contributed by atoms with E-state index in [1.165, 1.54) is 25.1 Å². The van der Waals surface area contributed by atoms with Crippen molar-refractivity contribution in [3.63, 3.8) is 0 Å². The minimum absolute atomic E-state index is 0.0654. The van der Waals surface area contributed by atoms with Crippen molar-refractivity contribution in [2.45, 2.75) is 19.1 Å². The molecule has 17 heavy (non-hydrogen) atoms. The first-order valence-electron chi connectivity index (χ1n) is 4.83. The Labute approximate surface area is 96.1 Å². The van der Waals surface area contributed by atoms with Gasteiger partial charge in [-0.1, -0.05) is 6.07 Å². The molecule has 1 heterocycles. The number of aliphatic hydroxyl groups is 1. The van der Waals surface area contributed by atoms with E-state index in [4.69, 9.17) is 10.2 Å². The number of nitrogens with one attached hydrogen (secondary N) is 2. The molecule has 4 N–H and O–H groups in total. The number of aliphatic carboxylic acids is 1. The Balaban J connectivity index is 2.85. The standard InChI is InChI=1S/C10H12N2O5/c1-5(13)8(10(16)17)12-9(15)6-3-2-4-7(14)11-6/h2-5,8,13H,1H3,(H,11,14)(H,12,15)(H,16,17)/t5-,8+/m1/s1. The maximum Gasteiger partial charge on any atom is 0.328 e. The fraction of sp³-hybridized carbons (Fsp3) is 0.300. The molecule has 1 rings (SSSR count). The Morgan fingerprint density at radius 3 is 2.53 bits per heavy atom. The first kappa shape index (κ1) is 12.9. The first-order chi connectivity index (χ1) is 7.91. The molecular weight excluding hydrogens is 228 g/mol. The monoisotopic (exact) mass is 240 g/mol. The van der Waals surface area contributed by atoms with Gasteiger partial charge < -0.3 is 20.5 Å². The van der Waals surface area contributed by atoms with Gasteiger partial charge in [0.25, 0.3) is 5.91 Å². The second-order valence-corrected chi connectivity index (χ2v) is 3.46. The van der Waals surface area contributed by atoms with E-state index in [9.17, 15) is 14.4 Å². The lowest BCUT2D eigenvalue weighted by Crippen LogP contribution is -2.48. The van der Waals surface area contributed by atoms with Crippen molar-refractivity contribution in [3.05, 3.63) is 34.2 Å². The Bertz CT molecular complexity index is 480. The Morgan fingerprint density at radius 2 is 2.06 bits per heavy atom. The van der Waals surface area contributed by atoms with E-state index >= 15 is 0 Å². The maximum atomic E-state index is 11.6. The van der Waals surface area contributed by atoms with Gasteiger partial charge in [0.2, 0.25) is 5.56 Å². The SMILES string of the molecule is C[C@@H](O)[C@H](NC(=O)c1cccc(=O)[nH]1)C(=O)O. The number of rotatable bonds is 4. The second kappa shape index (κ2) is 5.26. The number of aliphatic hydroxyl groups excluding tert-OH is 1. The van der Waals surface area contributed by atoms with Crippen LogP contribution in [0, 0.1) is 0 Å². The summed E-state index contributed by atoms with van der Waals surface area (Å²) in [5.74, 6) is -2.12. The van der Waals surface area contributed by atoms with Crippen LogP contribution in [0.5, 0.6) is 0 Å². The number of aromatic nitrogens is 1. The number of hydrogen-bond donors (Lipinski definition) is 4. The van der Waals surface area contributed by atoms with E-state index in [1.807, 2.05) is 0 Å². The van der Waals surface area contributed by atoms with Crippen LogP contribution < -0.4 is 10.9 Å². The van der Waals surface area contributed by atoms with Crippen LogP contribution in [-0.4, -0.2) is 39.2 Å². The van der Waals surface area contributed by atoms with Crippen molar-refractivity contribution in [1.82, 2.24) is 10.3 Å². The van der Waals surface area contributed by atoms with Gasteiger partial charge in [0.15, 0.2) is 6.04 Å². The molecule has 7 heteroatoms. The van der Waals surface area contributed by atoms with Gasteiger partial charge in [-0.25, -0.2) is 4.79 Å². The van der Waals surface area contributed by atoms with Gasteiger partial charge in [-0.3, -0.25) is 9.59 Å². The summed E-state index contributed by atoms with van der Waals surface area (Å²) in [4.78, 5) is 35.5. The Hall–Kier alpha value is -2.15. The summed E-state index contributed by atoms with van der Waals surface area (Å²) in [5.41, 5.74) is -0.536. The van der Waals surface area contributed by atoms with Crippen molar-refractivity contribution in [3.8, 4) is 0 Å². The first-order valence-corrected chi connectivity index (χ1v) is 4.83. The highest BCUT2D eigenvalue weighted by atomic mass is 16.4. The fourth-order valence-corrected chi connectivity index (χ4v) is 1.19. The third-order valence-corrected chi connectivity index (χ3v) is 2.05. The van der Waals surface area contributed by atoms with E-state index in [0.29, 0.717) is 0 Å². The zero-order chi connectivity index (χ0) is 13.0. The summed E-state index contributed by atoms with van der Waals surface area (Å²) in [6.07, 6.45) is -1.24. The highest BCUT2D eigenvalue weighted by Crippen LogP contribution is 1.97. The van der Waals surface area contributed by atoms with E-state index < -0.39 is 29.6 Å². The highest BCUT2D eigenvalue weighted by molar-refractivity contribution is 5.95. The lowest BCUT2D eigenvalue weighted by atomic mass is 10.2. The maximum absolute atomic E-state index is 11.6. The predicted octanol–water partition coefficient (Wildman–Crippen LogP) is -1.06. The van der Waals surface area contributed by atoms with Gasteiger partial charge in [0.05, 0.1) is 6.10 Å². The largest absolute Gasteiger partial charge is 0.480 e. The predicted molar refractivity (Wildman–Crippen MR) is 57.6 cm³/mol. The molecule has 0 aliphatic rings. The molecule has 1 amide bonds. The molecule has 7 nitrogen and oxygen atoms in total. The molecular formula is C10H12N2O5. The Kier molecular flexibility index (Phi) is 4.00. The number of carboxylic acid groups (broad SMARTS) is 1. The minimum atomic E-state index is -1.42. The number of carbonyl (C=O) groups is 2. The number of carbonyl (C=O) groups excluding carboxylic acids is 1. The summed E-state index contributed by atoms with van der Waals surface area (Å²) in [7, 11) is 0. The lowest BCUT2D eigenvalue weighted by molar-refractivity contribution is -0.141. The van der Waals surface area contributed by atoms with Crippen LogP contribution in [0.25, 0.3) is 0 Å². The summed E-state index contributed by atoms with van der Waals surface area (Å²) >= 11 is 0. The van der Waals surface area contributed by atoms with Crippen LogP contribution >= 0.6 is 0 Å². The zero-order valence-electron chi connectivity index (χ0n) is 9.01. The van der Waals surface area contributed by atoms with Crippen molar-refractivity contribution < 1.29 is 19.8 Å². The zero-order valence-corrected chi connectivity index (χ0v) is 9.01. The molecule has 2 atom stereocenters. The molecule has 92 valence electrons. The molecule has 1 aromatic heterocycles. The number of hydrogen-bond acceptors (Lipinski definition) is 4. The molecule has 0 fully saturated rings. The van der Waals surface area contributed by atoms with Crippen molar-refractivity contribution in [2.75, 3.05) is 0 Å². The lowest BCUT2D eigenvalue weighted by Gasteiger charge is -2.16. The third kappa shape index (κ3) is 3.42. The molecule has 0 aliphatic carbocycles. The molecule has 0 unspecified atom stereocenters. The number of aromatic amines is 1. The molecule has 0 spiro atoms. The van der Waals surface area contributed by atoms with Crippen LogP contribution in [0.4, 0.5) is 0 Å². The number of carboxylic acids is 1. The summed E-state index contributed by atoms with van der Waals surface area (Å²) in [6, 6.07) is 2.50. The molecule has 0 radical (unpaired) electrons. The van der Waals surface area contributed by atoms with E-state index in [-0.39, 0.29) is 5.69 Å². The van der Waals surface area contributed by atoms with Gasteiger partial charge in [0, 0.05) is 6.07 Å². The highest BCUT2D eigenvalue weighted by Gasteiger charge is 2.25. The van der Waals surface area contributed by atoms with Crippen molar-refractivity contribution in [2.24, 2.45) is 0 Å². The summed E-state index contributed by atoms with van der Waals surface area (Å²) in [5, 5.41) is 20.0.